The molecule has 0 aromatic heterocycles. The third-order valence-corrected chi connectivity index (χ3v) is 2.38. The Morgan fingerprint density at radius 1 is 1.15 bits per heavy atom. The highest BCUT2D eigenvalue weighted by Crippen LogP contribution is 2.24. The van der Waals surface area contributed by atoms with Gasteiger partial charge < -0.3 is 0 Å². The van der Waals surface area contributed by atoms with Gasteiger partial charge in [0, 0.05) is 10.4 Å². The Bertz CT molecular complexity index is 437. The van der Waals surface area contributed by atoms with Crippen molar-refractivity contribution in [2.45, 2.75) is 6.67 Å². The standard InChI is InChI=1S/C11H8ClF/c12-11-3-1-2-9-6-8(7-13)4-5-10(9)11/h1-6H,7H2. The van der Waals surface area contributed by atoms with Crippen LogP contribution in [0.5, 0.6) is 0 Å². The highest BCUT2D eigenvalue weighted by atomic mass is 35.5. The van der Waals surface area contributed by atoms with E-state index in [1.165, 1.54) is 0 Å². The molecule has 0 saturated carbocycles. The summed E-state index contributed by atoms with van der Waals surface area (Å²) in [6.07, 6.45) is 0. The molecule has 2 aromatic rings. The first-order chi connectivity index (χ1) is 6.31. The van der Waals surface area contributed by atoms with Gasteiger partial charge in [-0.3, -0.25) is 0 Å². The fourth-order valence-corrected chi connectivity index (χ4v) is 1.62. The van der Waals surface area contributed by atoms with Gasteiger partial charge in [0.05, 0.1) is 0 Å². The number of alkyl halides is 1. The van der Waals surface area contributed by atoms with Gasteiger partial charge in [0.15, 0.2) is 0 Å². The first kappa shape index (κ1) is 8.52. The van der Waals surface area contributed by atoms with Crippen LogP contribution in [0.4, 0.5) is 4.39 Å². The summed E-state index contributed by atoms with van der Waals surface area (Å²) in [7, 11) is 0. The van der Waals surface area contributed by atoms with E-state index in [1.807, 2.05) is 30.3 Å². The quantitative estimate of drug-likeness (QED) is 0.645. The molecule has 2 rings (SSSR count). The molecule has 2 heteroatoms. The molecule has 0 bridgehead atoms. The van der Waals surface area contributed by atoms with Crippen molar-refractivity contribution in [3.8, 4) is 0 Å². The van der Waals surface area contributed by atoms with E-state index >= 15 is 0 Å². The summed E-state index contributed by atoms with van der Waals surface area (Å²) >= 11 is 5.96. The SMILES string of the molecule is FCc1ccc2c(Cl)cccc2c1. The molecule has 0 radical (unpaired) electrons. The first-order valence-electron chi connectivity index (χ1n) is 4.04. The summed E-state index contributed by atoms with van der Waals surface area (Å²) in [5.41, 5.74) is 0.690. The average Bonchev–Trinajstić information content (AvgIpc) is 2.18. The lowest BCUT2D eigenvalue weighted by atomic mass is 10.1. The molecule has 0 heterocycles. The molecule has 0 spiro atoms. The molecule has 0 fully saturated rings. The summed E-state index contributed by atoms with van der Waals surface area (Å²) in [4.78, 5) is 0. The van der Waals surface area contributed by atoms with Crippen molar-refractivity contribution in [1.82, 2.24) is 0 Å². The van der Waals surface area contributed by atoms with Crippen molar-refractivity contribution in [2.75, 3.05) is 0 Å². The summed E-state index contributed by atoms with van der Waals surface area (Å²) in [5, 5.41) is 2.67. The zero-order valence-corrected chi connectivity index (χ0v) is 7.68. The second-order valence-corrected chi connectivity index (χ2v) is 3.34. The van der Waals surface area contributed by atoms with Gasteiger partial charge in [-0.05, 0) is 23.1 Å². The van der Waals surface area contributed by atoms with Crippen molar-refractivity contribution in [1.29, 1.82) is 0 Å². The van der Waals surface area contributed by atoms with E-state index in [9.17, 15) is 4.39 Å². The topological polar surface area (TPSA) is 0 Å². The molecular formula is C11H8ClF. The van der Waals surface area contributed by atoms with Crippen LogP contribution in [0.3, 0.4) is 0 Å². The summed E-state index contributed by atoms with van der Waals surface area (Å²) in [5.74, 6) is 0. The van der Waals surface area contributed by atoms with E-state index in [-0.39, 0.29) is 0 Å². The van der Waals surface area contributed by atoms with E-state index in [4.69, 9.17) is 11.6 Å². The van der Waals surface area contributed by atoms with E-state index in [0.29, 0.717) is 10.6 Å². The van der Waals surface area contributed by atoms with Gasteiger partial charge in [0.25, 0.3) is 0 Å². The molecule has 0 amide bonds. The minimum absolute atomic E-state index is 0.428. The number of hydrogen-bond acceptors (Lipinski definition) is 0. The van der Waals surface area contributed by atoms with Crippen LogP contribution in [-0.2, 0) is 6.67 Å². The maximum Gasteiger partial charge on any atom is 0.115 e. The predicted octanol–water partition coefficient (Wildman–Crippen LogP) is 3.96. The fourth-order valence-electron chi connectivity index (χ4n) is 1.38. The number of hydrogen-bond donors (Lipinski definition) is 0. The van der Waals surface area contributed by atoms with Gasteiger partial charge in [-0.15, -0.1) is 0 Å². The molecule has 0 unspecified atom stereocenters. The fraction of sp³-hybridized carbons (Fsp3) is 0.0909. The zero-order valence-electron chi connectivity index (χ0n) is 6.93. The molecule has 0 nitrogen and oxygen atoms in total. The van der Waals surface area contributed by atoms with Crippen LogP contribution in [-0.4, -0.2) is 0 Å². The van der Waals surface area contributed by atoms with Gasteiger partial charge in [0.1, 0.15) is 6.67 Å². The summed E-state index contributed by atoms with van der Waals surface area (Å²) in [6.45, 7) is -0.428. The Labute approximate surface area is 80.9 Å². The van der Waals surface area contributed by atoms with Crippen LogP contribution in [0, 0.1) is 0 Å². The van der Waals surface area contributed by atoms with Gasteiger partial charge in [-0.2, -0.15) is 0 Å². The minimum Gasteiger partial charge on any atom is -0.246 e. The Morgan fingerprint density at radius 2 is 2.00 bits per heavy atom. The lowest BCUT2D eigenvalue weighted by Crippen LogP contribution is -1.79. The van der Waals surface area contributed by atoms with Crippen molar-refractivity contribution < 1.29 is 4.39 Å². The number of rotatable bonds is 1. The molecule has 0 aliphatic rings. The summed E-state index contributed by atoms with van der Waals surface area (Å²) in [6, 6.07) is 11.1. The second kappa shape index (κ2) is 3.35. The van der Waals surface area contributed by atoms with Crippen molar-refractivity contribution in [3.05, 3.63) is 47.0 Å². The van der Waals surface area contributed by atoms with E-state index in [2.05, 4.69) is 0 Å². The van der Waals surface area contributed by atoms with Crippen LogP contribution >= 0.6 is 11.6 Å². The number of fused-ring (bicyclic) bond motifs is 1. The zero-order chi connectivity index (χ0) is 9.26. The smallest absolute Gasteiger partial charge is 0.115 e. The van der Waals surface area contributed by atoms with Crippen LogP contribution in [0.1, 0.15) is 5.56 Å². The lowest BCUT2D eigenvalue weighted by Gasteiger charge is -2.01. The number of halogens is 2. The van der Waals surface area contributed by atoms with Crippen molar-refractivity contribution >= 4 is 22.4 Å². The van der Waals surface area contributed by atoms with Gasteiger partial charge in [-0.25, -0.2) is 4.39 Å². The maximum atomic E-state index is 12.3. The van der Waals surface area contributed by atoms with Crippen LogP contribution < -0.4 is 0 Å². The van der Waals surface area contributed by atoms with Crippen molar-refractivity contribution in [3.63, 3.8) is 0 Å². The molecule has 0 aliphatic heterocycles. The first-order valence-corrected chi connectivity index (χ1v) is 4.42. The number of benzene rings is 2. The lowest BCUT2D eigenvalue weighted by molar-refractivity contribution is 0.485. The molecule has 0 atom stereocenters. The molecule has 0 aliphatic carbocycles. The highest BCUT2D eigenvalue weighted by Gasteiger charge is 1.98. The molecule has 0 saturated heterocycles. The van der Waals surface area contributed by atoms with Gasteiger partial charge >= 0.3 is 0 Å². The third kappa shape index (κ3) is 1.52. The Balaban J connectivity index is 2.72. The van der Waals surface area contributed by atoms with E-state index < -0.39 is 6.67 Å². The highest BCUT2D eigenvalue weighted by molar-refractivity contribution is 6.35. The molecule has 0 N–H and O–H groups in total. The van der Waals surface area contributed by atoms with E-state index in [0.717, 1.165) is 10.8 Å². The Morgan fingerprint density at radius 3 is 2.77 bits per heavy atom. The average molecular weight is 195 g/mol. The molecular weight excluding hydrogens is 187 g/mol. The normalized spacial score (nSPS) is 10.6. The third-order valence-electron chi connectivity index (χ3n) is 2.05. The maximum absolute atomic E-state index is 12.3. The van der Waals surface area contributed by atoms with Crippen molar-refractivity contribution in [2.24, 2.45) is 0 Å². The summed E-state index contributed by atoms with van der Waals surface area (Å²) < 4.78 is 12.3. The monoisotopic (exact) mass is 194 g/mol. The van der Waals surface area contributed by atoms with Gasteiger partial charge in [-0.1, -0.05) is 35.9 Å². The minimum atomic E-state index is -0.428. The van der Waals surface area contributed by atoms with Gasteiger partial charge in [0.2, 0.25) is 0 Å². The largest absolute Gasteiger partial charge is 0.246 e. The molecule has 2 aromatic carbocycles. The Hall–Kier alpha value is -1.08. The van der Waals surface area contributed by atoms with Crippen LogP contribution in [0.15, 0.2) is 36.4 Å². The van der Waals surface area contributed by atoms with E-state index in [1.54, 1.807) is 6.07 Å². The second-order valence-electron chi connectivity index (χ2n) is 2.93. The van der Waals surface area contributed by atoms with Crippen LogP contribution in [0.2, 0.25) is 5.02 Å². The van der Waals surface area contributed by atoms with Crippen LogP contribution in [0.25, 0.3) is 10.8 Å². The predicted molar refractivity (Wildman–Crippen MR) is 53.8 cm³/mol. The molecule has 66 valence electrons. The Kier molecular flexibility index (Phi) is 2.19. The molecule has 13 heavy (non-hydrogen) atoms.